The topological polar surface area (TPSA) is 21.7 Å². The third-order valence-corrected chi connectivity index (χ3v) is 5.28. The Morgan fingerprint density at radius 1 is 1.16 bits per heavy atom. The second kappa shape index (κ2) is 8.03. The molecule has 0 radical (unpaired) electrons. The molecule has 3 heteroatoms. The first-order chi connectivity index (χ1) is 12.4. The van der Waals surface area contributed by atoms with Crippen LogP contribution in [0.25, 0.3) is 0 Å². The average Bonchev–Trinajstić information content (AvgIpc) is 3.11. The summed E-state index contributed by atoms with van der Waals surface area (Å²) in [6, 6.07) is 8.62. The molecule has 3 nitrogen and oxygen atoms in total. The van der Waals surface area contributed by atoms with Crippen LogP contribution in [0.1, 0.15) is 30.7 Å². The van der Waals surface area contributed by atoms with Crippen LogP contribution in [0.4, 0.5) is 0 Å². The predicted molar refractivity (Wildman–Crippen MR) is 101 cm³/mol. The number of rotatable bonds is 6. The number of allylic oxidation sites excluding steroid dienone is 6. The van der Waals surface area contributed by atoms with Crippen molar-refractivity contribution in [3.8, 4) is 5.75 Å². The maximum atomic E-state index is 6.02. The van der Waals surface area contributed by atoms with E-state index in [9.17, 15) is 0 Å². The van der Waals surface area contributed by atoms with Crippen molar-refractivity contribution in [1.29, 1.82) is 0 Å². The van der Waals surface area contributed by atoms with E-state index in [1.807, 2.05) is 0 Å². The minimum atomic E-state index is 0.392. The lowest BCUT2D eigenvalue weighted by Gasteiger charge is -2.26. The molecule has 1 aromatic carbocycles. The Kier molecular flexibility index (Phi) is 5.34. The van der Waals surface area contributed by atoms with Crippen molar-refractivity contribution in [3.63, 3.8) is 0 Å². The van der Waals surface area contributed by atoms with Gasteiger partial charge in [0.1, 0.15) is 5.75 Å². The van der Waals surface area contributed by atoms with Crippen molar-refractivity contribution in [3.05, 3.63) is 65.3 Å². The average molecular weight is 337 g/mol. The molecule has 1 fully saturated rings. The number of hydrogen-bond acceptors (Lipinski definition) is 3. The third kappa shape index (κ3) is 4.05. The first-order valence-electron chi connectivity index (χ1n) is 9.51. The molecular weight excluding hydrogens is 310 g/mol. The van der Waals surface area contributed by atoms with E-state index in [1.54, 1.807) is 0 Å². The van der Waals surface area contributed by atoms with Gasteiger partial charge in [0.05, 0.1) is 19.8 Å². The highest BCUT2D eigenvalue weighted by Gasteiger charge is 2.21. The van der Waals surface area contributed by atoms with E-state index in [0.29, 0.717) is 5.92 Å². The Bertz CT molecular complexity index is 683. The normalized spacial score (nSPS) is 23.1. The van der Waals surface area contributed by atoms with Crippen molar-refractivity contribution in [2.75, 3.05) is 39.5 Å². The van der Waals surface area contributed by atoms with Crippen LogP contribution in [0.15, 0.2) is 59.7 Å². The Morgan fingerprint density at radius 3 is 3.00 bits per heavy atom. The fourth-order valence-corrected chi connectivity index (χ4v) is 3.89. The van der Waals surface area contributed by atoms with Crippen LogP contribution in [0.3, 0.4) is 0 Å². The van der Waals surface area contributed by atoms with Crippen LogP contribution < -0.4 is 4.74 Å². The van der Waals surface area contributed by atoms with Gasteiger partial charge in [-0.2, -0.15) is 0 Å². The van der Waals surface area contributed by atoms with Gasteiger partial charge in [0.25, 0.3) is 0 Å². The van der Waals surface area contributed by atoms with E-state index in [-0.39, 0.29) is 0 Å². The highest BCUT2D eigenvalue weighted by Crippen LogP contribution is 2.39. The molecule has 0 bridgehead atoms. The van der Waals surface area contributed by atoms with Gasteiger partial charge in [-0.05, 0) is 48.1 Å². The van der Waals surface area contributed by atoms with Gasteiger partial charge in [-0.25, -0.2) is 0 Å². The summed E-state index contributed by atoms with van der Waals surface area (Å²) >= 11 is 0. The van der Waals surface area contributed by atoms with Gasteiger partial charge >= 0.3 is 0 Å². The quantitative estimate of drug-likeness (QED) is 0.730. The fourth-order valence-electron chi connectivity index (χ4n) is 3.89. The van der Waals surface area contributed by atoms with Crippen LogP contribution in [0, 0.1) is 0 Å². The lowest BCUT2D eigenvalue weighted by atomic mass is 9.89. The Balaban J connectivity index is 1.32. The third-order valence-electron chi connectivity index (χ3n) is 5.28. The molecule has 0 N–H and O–H groups in total. The van der Waals surface area contributed by atoms with E-state index in [0.717, 1.165) is 51.6 Å². The first kappa shape index (κ1) is 16.6. The molecule has 1 saturated heterocycles. The fraction of sp³-hybridized carbons (Fsp3) is 0.455. The number of hydrogen-bond donors (Lipinski definition) is 0. The maximum Gasteiger partial charge on any atom is 0.119 e. The Hall–Kier alpha value is -1.84. The molecule has 1 unspecified atom stereocenters. The molecule has 3 aliphatic rings. The lowest BCUT2D eigenvalue weighted by Crippen LogP contribution is -2.37. The summed E-state index contributed by atoms with van der Waals surface area (Å²) in [6.07, 6.45) is 12.6. The number of benzene rings is 1. The number of morpholine rings is 1. The van der Waals surface area contributed by atoms with Crippen LogP contribution >= 0.6 is 0 Å². The monoisotopic (exact) mass is 337 g/mol. The molecule has 4 rings (SSSR count). The molecule has 25 heavy (non-hydrogen) atoms. The van der Waals surface area contributed by atoms with E-state index >= 15 is 0 Å². The molecule has 1 heterocycles. The van der Waals surface area contributed by atoms with Gasteiger partial charge in [0.2, 0.25) is 0 Å². The highest BCUT2D eigenvalue weighted by molar-refractivity contribution is 5.53. The van der Waals surface area contributed by atoms with Gasteiger partial charge in [0.15, 0.2) is 0 Å². The van der Waals surface area contributed by atoms with Crippen molar-refractivity contribution in [2.45, 2.75) is 25.2 Å². The van der Waals surface area contributed by atoms with Crippen LogP contribution in [0.2, 0.25) is 0 Å². The molecule has 0 saturated carbocycles. The molecule has 1 atom stereocenters. The summed E-state index contributed by atoms with van der Waals surface area (Å²) in [4.78, 5) is 2.45. The molecule has 0 spiro atoms. The van der Waals surface area contributed by atoms with Crippen molar-refractivity contribution in [1.82, 2.24) is 4.90 Å². The summed E-state index contributed by atoms with van der Waals surface area (Å²) in [7, 11) is 0. The van der Waals surface area contributed by atoms with Gasteiger partial charge < -0.3 is 9.47 Å². The zero-order valence-corrected chi connectivity index (χ0v) is 14.8. The zero-order chi connectivity index (χ0) is 16.9. The number of nitrogens with zero attached hydrogens (tertiary/aromatic N) is 1. The minimum Gasteiger partial charge on any atom is -0.494 e. The van der Waals surface area contributed by atoms with Crippen molar-refractivity contribution >= 4 is 0 Å². The predicted octanol–water partition coefficient (Wildman–Crippen LogP) is 4.09. The van der Waals surface area contributed by atoms with Crippen LogP contribution in [0.5, 0.6) is 5.75 Å². The Labute approximate surface area is 150 Å². The van der Waals surface area contributed by atoms with E-state index in [1.165, 1.54) is 29.6 Å². The Morgan fingerprint density at radius 2 is 2.08 bits per heavy atom. The van der Waals surface area contributed by atoms with E-state index in [2.05, 4.69) is 53.5 Å². The summed E-state index contributed by atoms with van der Waals surface area (Å²) in [6.45, 7) is 5.70. The van der Waals surface area contributed by atoms with E-state index in [4.69, 9.17) is 9.47 Å². The first-order valence-corrected chi connectivity index (χ1v) is 9.51. The van der Waals surface area contributed by atoms with Crippen molar-refractivity contribution < 1.29 is 9.47 Å². The van der Waals surface area contributed by atoms with Gasteiger partial charge in [-0.3, -0.25) is 4.90 Å². The summed E-state index contributed by atoms with van der Waals surface area (Å²) in [5.74, 6) is 1.38. The summed E-state index contributed by atoms with van der Waals surface area (Å²) in [5.41, 5.74) is 4.30. The number of ether oxygens (including phenoxy) is 2. The summed E-state index contributed by atoms with van der Waals surface area (Å²) in [5, 5.41) is 0. The molecule has 132 valence electrons. The lowest BCUT2D eigenvalue weighted by molar-refractivity contribution is 0.0358. The van der Waals surface area contributed by atoms with Gasteiger partial charge in [-0.15, -0.1) is 0 Å². The second-order valence-corrected chi connectivity index (χ2v) is 6.99. The molecule has 0 aromatic heterocycles. The van der Waals surface area contributed by atoms with Gasteiger partial charge in [0, 0.05) is 25.6 Å². The largest absolute Gasteiger partial charge is 0.494 e. The molecule has 2 aliphatic carbocycles. The zero-order valence-electron chi connectivity index (χ0n) is 14.8. The SMILES string of the molecule is C1=CC2=C(C=CC2c2cccc(OCCCN3CCOCC3)c2)CC1. The highest BCUT2D eigenvalue weighted by atomic mass is 16.5. The minimum absolute atomic E-state index is 0.392. The molecule has 1 aliphatic heterocycles. The molecular formula is C22H27NO2. The smallest absolute Gasteiger partial charge is 0.119 e. The molecule has 0 amide bonds. The van der Waals surface area contributed by atoms with Crippen molar-refractivity contribution in [2.24, 2.45) is 0 Å². The van der Waals surface area contributed by atoms with Crippen LogP contribution in [-0.4, -0.2) is 44.4 Å². The van der Waals surface area contributed by atoms with Gasteiger partial charge in [-0.1, -0.05) is 36.4 Å². The molecule has 1 aromatic rings. The maximum absolute atomic E-state index is 6.02. The van der Waals surface area contributed by atoms with E-state index < -0.39 is 0 Å². The van der Waals surface area contributed by atoms with Crippen LogP contribution in [-0.2, 0) is 4.74 Å². The standard InChI is InChI=1S/C22H27NO2/c1-2-8-21-18(5-1)9-10-22(21)19-6-3-7-20(17-19)25-14-4-11-23-12-15-24-16-13-23/h2-3,6-10,17,22H,1,4-5,11-16H2. The second-order valence-electron chi connectivity index (χ2n) is 6.99. The summed E-state index contributed by atoms with van der Waals surface area (Å²) < 4.78 is 11.4.